The van der Waals surface area contributed by atoms with Crippen molar-refractivity contribution < 1.29 is 4.74 Å². The third-order valence-corrected chi connectivity index (χ3v) is 3.87. The molecule has 1 aliphatic heterocycles. The summed E-state index contributed by atoms with van der Waals surface area (Å²) in [6.45, 7) is 1.49. The van der Waals surface area contributed by atoms with Crippen molar-refractivity contribution in [2.75, 3.05) is 25.1 Å². The van der Waals surface area contributed by atoms with Gasteiger partial charge in [-0.1, -0.05) is 12.1 Å². The molecule has 5 nitrogen and oxygen atoms in total. The van der Waals surface area contributed by atoms with Gasteiger partial charge in [-0.25, -0.2) is 4.98 Å². The molecule has 0 aromatic carbocycles. The molecule has 0 saturated heterocycles. The first-order valence-corrected chi connectivity index (χ1v) is 7.55. The highest BCUT2D eigenvalue weighted by atomic mass is 16.5. The number of hydrogen-bond acceptors (Lipinski definition) is 5. The number of fused-ring (bicyclic) bond motifs is 1. The number of pyridine rings is 3. The van der Waals surface area contributed by atoms with E-state index in [0.717, 1.165) is 40.8 Å². The second-order valence-corrected chi connectivity index (χ2v) is 5.40. The summed E-state index contributed by atoms with van der Waals surface area (Å²) < 4.78 is 5.91. The molecule has 0 unspecified atom stereocenters. The molecule has 1 aliphatic rings. The number of ether oxygens (including phenoxy) is 1. The van der Waals surface area contributed by atoms with Crippen LogP contribution in [0.25, 0.3) is 22.8 Å². The fraction of sp³-hybridized carbons (Fsp3) is 0.167. The summed E-state index contributed by atoms with van der Waals surface area (Å²) in [5.74, 6) is 0.789. The number of anilines is 1. The number of likely N-dealkylation sites (N-methyl/N-ethyl adjacent to an activating group) is 1. The Hall–Kier alpha value is -2.95. The Morgan fingerprint density at radius 2 is 1.70 bits per heavy atom. The number of aromatic nitrogens is 3. The molecule has 0 aliphatic carbocycles. The van der Waals surface area contributed by atoms with E-state index in [-0.39, 0.29) is 0 Å². The predicted octanol–water partition coefficient (Wildman–Crippen LogP) is 3.03. The van der Waals surface area contributed by atoms with Crippen molar-refractivity contribution in [3.05, 3.63) is 54.9 Å². The Kier molecular flexibility index (Phi) is 3.38. The first-order valence-electron chi connectivity index (χ1n) is 7.55. The second-order valence-electron chi connectivity index (χ2n) is 5.40. The third kappa shape index (κ3) is 2.50. The van der Waals surface area contributed by atoms with Crippen LogP contribution in [0.3, 0.4) is 0 Å². The van der Waals surface area contributed by atoms with E-state index in [1.54, 1.807) is 12.4 Å². The van der Waals surface area contributed by atoms with Crippen molar-refractivity contribution in [3.8, 4) is 28.5 Å². The normalized spacial score (nSPS) is 13.3. The fourth-order valence-corrected chi connectivity index (χ4v) is 2.67. The number of rotatable bonds is 2. The van der Waals surface area contributed by atoms with Crippen LogP contribution in [0.2, 0.25) is 0 Å². The highest BCUT2D eigenvalue weighted by molar-refractivity contribution is 5.79. The molecule has 0 amide bonds. The van der Waals surface area contributed by atoms with Crippen LogP contribution in [0.4, 0.5) is 5.69 Å². The molecule has 3 aromatic heterocycles. The smallest absolute Gasteiger partial charge is 0.170 e. The van der Waals surface area contributed by atoms with Crippen molar-refractivity contribution in [2.45, 2.75) is 0 Å². The molecule has 0 fully saturated rings. The summed E-state index contributed by atoms with van der Waals surface area (Å²) in [5, 5.41) is 0. The summed E-state index contributed by atoms with van der Waals surface area (Å²) in [6, 6.07) is 13.6. The van der Waals surface area contributed by atoms with E-state index in [9.17, 15) is 0 Å². The molecular weight excluding hydrogens is 288 g/mol. The zero-order chi connectivity index (χ0) is 15.6. The van der Waals surface area contributed by atoms with Crippen LogP contribution in [0, 0.1) is 0 Å². The average Bonchev–Trinajstić information content (AvgIpc) is 2.63. The molecule has 0 bridgehead atoms. The van der Waals surface area contributed by atoms with E-state index in [0.29, 0.717) is 6.61 Å². The summed E-state index contributed by atoms with van der Waals surface area (Å²) in [4.78, 5) is 15.8. The van der Waals surface area contributed by atoms with Gasteiger partial charge in [0.15, 0.2) is 5.75 Å². The monoisotopic (exact) mass is 304 g/mol. The molecule has 0 radical (unpaired) electrons. The molecule has 4 heterocycles. The topological polar surface area (TPSA) is 51.1 Å². The molecule has 5 heteroatoms. The molecule has 114 valence electrons. The lowest BCUT2D eigenvalue weighted by atomic mass is 10.1. The minimum Gasteiger partial charge on any atom is -0.487 e. The minimum atomic E-state index is 0.647. The Morgan fingerprint density at radius 1 is 0.957 bits per heavy atom. The SMILES string of the molecule is CN1CCOc2c1cc(-c1ccccn1)nc2-c1ccccn1. The zero-order valence-corrected chi connectivity index (χ0v) is 12.8. The summed E-state index contributed by atoms with van der Waals surface area (Å²) in [7, 11) is 2.06. The highest BCUT2D eigenvalue weighted by Crippen LogP contribution is 2.40. The zero-order valence-electron chi connectivity index (χ0n) is 12.8. The van der Waals surface area contributed by atoms with Crippen molar-refractivity contribution in [1.29, 1.82) is 0 Å². The lowest BCUT2D eigenvalue weighted by molar-refractivity contribution is 0.311. The van der Waals surface area contributed by atoms with Gasteiger partial charge in [-0.3, -0.25) is 9.97 Å². The molecule has 23 heavy (non-hydrogen) atoms. The summed E-state index contributed by atoms with van der Waals surface area (Å²) >= 11 is 0. The lowest BCUT2D eigenvalue weighted by Gasteiger charge is -2.29. The van der Waals surface area contributed by atoms with Gasteiger partial charge >= 0.3 is 0 Å². The first-order chi connectivity index (χ1) is 11.3. The van der Waals surface area contributed by atoms with E-state index in [4.69, 9.17) is 9.72 Å². The summed E-state index contributed by atoms with van der Waals surface area (Å²) in [6.07, 6.45) is 3.54. The van der Waals surface area contributed by atoms with Gasteiger partial charge < -0.3 is 9.64 Å². The largest absolute Gasteiger partial charge is 0.487 e. The summed E-state index contributed by atoms with van der Waals surface area (Å²) in [5.41, 5.74) is 4.24. The quantitative estimate of drug-likeness (QED) is 0.728. The van der Waals surface area contributed by atoms with Gasteiger partial charge in [-0.05, 0) is 30.3 Å². The van der Waals surface area contributed by atoms with E-state index in [2.05, 4.69) is 21.9 Å². The van der Waals surface area contributed by atoms with Gasteiger partial charge in [0, 0.05) is 19.4 Å². The van der Waals surface area contributed by atoms with Gasteiger partial charge in [0.25, 0.3) is 0 Å². The lowest BCUT2D eigenvalue weighted by Crippen LogP contribution is -2.29. The van der Waals surface area contributed by atoms with Crippen molar-refractivity contribution in [2.24, 2.45) is 0 Å². The van der Waals surface area contributed by atoms with Gasteiger partial charge in [-0.15, -0.1) is 0 Å². The van der Waals surface area contributed by atoms with Crippen LogP contribution < -0.4 is 9.64 Å². The Labute approximate surface area is 134 Å². The second kappa shape index (κ2) is 5.68. The number of nitrogens with zero attached hydrogens (tertiary/aromatic N) is 4. The molecule has 0 atom stereocenters. The van der Waals surface area contributed by atoms with Crippen molar-refractivity contribution in [1.82, 2.24) is 15.0 Å². The maximum atomic E-state index is 5.91. The van der Waals surface area contributed by atoms with Crippen LogP contribution in [0.1, 0.15) is 0 Å². The van der Waals surface area contributed by atoms with Gasteiger partial charge in [0.2, 0.25) is 0 Å². The van der Waals surface area contributed by atoms with E-state index in [1.807, 2.05) is 42.5 Å². The third-order valence-electron chi connectivity index (χ3n) is 3.87. The fourth-order valence-electron chi connectivity index (χ4n) is 2.67. The molecule has 0 N–H and O–H groups in total. The van der Waals surface area contributed by atoms with Crippen molar-refractivity contribution >= 4 is 5.69 Å². The molecular formula is C18H16N4O. The van der Waals surface area contributed by atoms with Gasteiger partial charge in [0.1, 0.15) is 12.3 Å². The molecule has 3 aromatic rings. The van der Waals surface area contributed by atoms with Crippen LogP contribution in [-0.4, -0.2) is 35.2 Å². The van der Waals surface area contributed by atoms with Gasteiger partial charge in [0.05, 0.1) is 29.3 Å². The average molecular weight is 304 g/mol. The molecule has 0 saturated carbocycles. The predicted molar refractivity (Wildman–Crippen MR) is 89.5 cm³/mol. The van der Waals surface area contributed by atoms with E-state index >= 15 is 0 Å². The van der Waals surface area contributed by atoms with Crippen LogP contribution in [0.5, 0.6) is 5.75 Å². The van der Waals surface area contributed by atoms with Crippen LogP contribution in [0.15, 0.2) is 54.9 Å². The Bertz CT molecular complexity index is 821. The van der Waals surface area contributed by atoms with Crippen molar-refractivity contribution in [3.63, 3.8) is 0 Å². The number of hydrogen-bond donors (Lipinski definition) is 0. The Balaban J connectivity index is 1.95. The minimum absolute atomic E-state index is 0.647. The highest BCUT2D eigenvalue weighted by Gasteiger charge is 2.23. The Morgan fingerprint density at radius 3 is 2.39 bits per heavy atom. The maximum absolute atomic E-state index is 5.91. The standard InChI is InChI=1S/C18H16N4O/c1-22-10-11-23-18-16(22)12-15(13-6-2-4-8-19-13)21-17(18)14-7-3-5-9-20-14/h2-9,12H,10-11H2,1H3. The maximum Gasteiger partial charge on any atom is 0.170 e. The first kappa shape index (κ1) is 13.7. The van der Waals surface area contributed by atoms with E-state index in [1.165, 1.54) is 0 Å². The van der Waals surface area contributed by atoms with Gasteiger partial charge in [-0.2, -0.15) is 0 Å². The van der Waals surface area contributed by atoms with Crippen LogP contribution >= 0.6 is 0 Å². The molecule has 0 spiro atoms. The van der Waals surface area contributed by atoms with E-state index < -0.39 is 0 Å². The van der Waals surface area contributed by atoms with Crippen LogP contribution in [-0.2, 0) is 0 Å². The molecule has 4 rings (SSSR count).